The van der Waals surface area contributed by atoms with Crippen LogP contribution in [0.4, 0.5) is 26.3 Å². The van der Waals surface area contributed by atoms with Crippen LogP contribution in [0.15, 0.2) is 60.7 Å². The number of benzene rings is 2. The minimum absolute atomic E-state index is 0.0300. The van der Waals surface area contributed by atoms with Crippen molar-refractivity contribution in [3.8, 4) is 5.75 Å². The van der Waals surface area contributed by atoms with E-state index in [0.717, 1.165) is 5.56 Å². The van der Waals surface area contributed by atoms with Crippen LogP contribution >= 0.6 is 0 Å². The average molecular weight is 428 g/mol. The number of aryl methyl sites for hydroxylation is 2. The van der Waals surface area contributed by atoms with Crippen LogP contribution in [0.25, 0.3) is 0 Å². The Morgan fingerprint density at radius 1 is 0.800 bits per heavy atom. The van der Waals surface area contributed by atoms with Crippen LogP contribution in [0.1, 0.15) is 22.5 Å². The highest BCUT2D eigenvalue weighted by molar-refractivity contribution is 5.33. The van der Waals surface area contributed by atoms with Crippen molar-refractivity contribution in [3.05, 3.63) is 83.2 Å². The van der Waals surface area contributed by atoms with Crippen molar-refractivity contribution in [3.63, 3.8) is 0 Å². The maximum atomic E-state index is 13.1. The van der Waals surface area contributed by atoms with E-state index in [1.807, 2.05) is 30.3 Å². The molecule has 0 saturated heterocycles. The van der Waals surface area contributed by atoms with Crippen LogP contribution < -0.4 is 4.74 Å². The van der Waals surface area contributed by atoms with Gasteiger partial charge in [0.15, 0.2) is 5.69 Å². The van der Waals surface area contributed by atoms with Crippen LogP contribution in [0.5, 0.6) is 5.75 Å². The number of hydrogen-bond acceptors (Lipinski definition) is 2. The third-order valence-electron chi connectivity index (χ3n) is 4.42. The van der Waals surface area contributed by atoms with Gasteiger partial charge in [-0.25, -0.2) is 0 Å². The van der Waals surface area contributed by atoms with Crippen molar-refractivity contribution in [2.24, 2.45) is 0 Å². The first-order chi connectivity index (χ1) is 14.1. The number of nitrogens with zero attached hydrogens (tertiary/aromatic N) is 2. The van der Waals surface area contributed by atoms with Crippen molar-refractivity contribution in [1.29, 1.82) is 0 Å². The van der Waals surface area contributed by atoms with E-state index in [2.05, 4.69) is 5.10 Å². The highest BCUT2D eigenvalue weighted by Gasteiger charge is 2.41. The van der Waals surface area contributed by atoms with Gasteiger partial charge in [-0.05, 0) is 23.6 Å². The molecule has 0 saturated carbocycles. The van der Waals surface area contributed by atoms with Gasteiger partial charge in [-0.1, -0.05) is 48.5 Å². The van der Waals surface area contributed by atoms with E-state index in [4.69, 9.17) is 4.74 Å². The van der Waals surface area contributed by atoms with Crippen molar-refractivity contribution in [2.75, 3.05) is 6.61 Å². The summed E-state index contributed by atoms with van der Waals surface area (Å²) in [7, 11) is 0. The fourth-order valence-electron chi connectivity index (χ4n) is 2.95. The SMILES string of the molecule is FC(F)(F)c1cc(C(F)(F)F)n(CCc2ccccc2OCCc2ccccc2)n1. The van der Waals surface area contributed by atoms with Crippen molar-refractivity contribution < 1.29 is 31.1 Å². The molecule has 0 aliphatic carbocycles. The van der Waals surface area contributed by atoms with Gasteiger partial charge in [0.05, 0.1) is 6.61 Å². The molecule has 0 aliphatic heterocycles. The minimum Gasteiger partial charge on any atom is -0.493 e. The number of halogens is 6. The largest absolute Gasteiger partial charge is 0.493 e. The topological polar surface area (TPSA) is 27.1 Å². The molecule has 0 bridgehead atoms. The molecule has 1 aromatic heterocycles. The number of ether oxygens (including phenoxy) is 1. The Morgan fingerprint density at radius 2 is 1.47 bits per heavy atom. The highest BCUT2D eigenvalue weighted by atomic mass is 19.4. The number of alkyl halides is 6. The molecule has 0 atom stereocenters. The third-order valence-corrected chi connectivity index (χ3v) is 4.42. The van der Waals surface area contributed by atoms with Crippen molar-refractivity contribution >= 4 is 0 Å². The Labute approximate surface area is 168 Å². The lowest BCUT2D eigenvalue weighted by Gasteiger charge is -2.13. The Kier molecular flexibility index (Phi) is 6.38. The number of para-hydroxylation sites is 1. The Hall–Kier alpha value is -2.97. The zero-order valence-electron chi connectivity index (χ0n) is 15.7. The second kappa shape index (κ2) is 8.81. The summed E-state index contributed by atoms with van der Waals surface area (Å²) in [5.74, 6) is 0.477. The van der Waals surface area contributed by atoms with E-state index in [1.165, 1.54) is 0 Å². The van der Waals surface area contributed by atoms with Gasteiger partial charge in [-0.15, -0.1) is 0 Å². The molecule has 0 unspecified atom stereocenters. The first-order valence-corrected chi connectivity index (χ1v) is 9.11. The van der Waals surface area contributed by atoms with Gasteiger partial charge in [0, 0.05) is 19.0 Å². The smallest absolute Gasteiger partial charge is 0.435 e. The Morgan fingerprint density at radius 3 is 2.13 bits per heavy atom. The molecular weight excluding hydrogens is 410 g/mol. The van der Waals surface area contributed by atoms with Gasteiger partial charge in [0.25, 0.3) is 0 Å². The molecule has 0 amide bonds. The van der Waals surface area contributed by atoms with Crippen LogP contribution in [0.3, 0.4) is 0 Å². The summed E-state index contributed by atoms with van der Waals surface area (Å²) in [5, 5.41) is 3.13. The van der Waals surface area contributed by atoms with Gasteiger partial charge in [-0.2, -0.15) is 31.4 Å². The average Bonchev–Trinajstić information content (AvgIpc) is 3.13. The van der Waals surface area contributed by atoms with Gasteiger partial charge in [-0.3, -0.25) is 4.68 Å². The molecular formula is C21H18F6N2O. The highest BCUT2D eigenvalue weighted by Crippen LogP contribution is 2.35. The van der Waals surface area contributed by atoms with Gasteiger partial charge >= 0.3 is 12.4 Å². The predicted octanol–water partition coefficient (Wildman–Crippen LogP) is 5.78. The van der Waals surface area contributed by atoms with Crippen molar-refractivity contribution in [2.45, 2.75) is 31.7 Å². The first kappa shape index (κ1) is 21.7. The number of aromatic nitrogens is 2. The normalized spacial score (nSPS) is 12.2. The molecule has 0 spiro atoms. The quantitative estimate of drug-likeness (QED) is 0.446. The summed E-state index contributed by atoms with van der Waals surface area (Å²) in [6.45, 7) is -0.0151. The van der Waals surface area contributed by atoms with E-state index in [0.29, 0.717) is 29.0 Å². The monoisotopic (exact) mass is 428 g/mol. The van der Waals surface area contributed by atoms with E-state index in [9.17, 15) is 26.3 Å². The summed E-state index contributed by atoms with van der Waals surface area (Å²) in [5.41, 5.74) is -1.34. The summed E-state index contributed by atoms with van der Waals surface area (Å²) in [4.78, 5) is 0. The minimum atomic E-state index is -4.95. The molecule has 0 radical (unpaired) electrons. The number of hydrogen-bond donors (Lipinski definition) is 0. The second-order valence-electron chi connectivity index (χ2n) is 6.58. The van der Waals surface area contributed by atoms with Gasteiger partial charge < -0.3 is 4.74 Å². The van der Waals surface area contributed by atoms with Gasteiger partial charge in [0.1, 0.15) is 11.4 Å². The Balaban J connectivity index is 1.71. The number of rotatable bonds is 7. The molecule has 30 heavy (non-hydrogen) atoms. The standard InChI is InChI=1S/C21H18F6N2O/c22-20(23,24)18-14-19(21(25,26)27)29(28-18)12-10-16-8-4-5-9-17(16)30-13-11-15-6-2-1-3-7-15/h1-9,14H,10-13H2. The van der Waals surface area contributed by atoms with Gasteiger partial charge in [0.2, 0.25) is 0 Å². The lowest BCUT2D eigenvalue weighted by atomic mass is 10.1. The maximum absolute atomic E-state index is 13.1. The summed E-state index contributed by atoms with van der Waals surface area (Å²) in [6, 6.07) is 16.4. The lowest BCUT2D eigenvalue weighted by Crippen LogP contribution is -2.16. The van der Waals surface area contributed by atoms with Crippen LogP contribution in [-0.4, -0.2) is 16.4 Å². The summed E-state index contributed by atoms with van der Waals surface area (Å²) >= 11 is 0. The van der Waals surface area contributed by atoms with Crippen LogP contribution in [0, 0.1) is 0 Å². The van der Waals surface area contributed by atoms with Crippen molar-refractivity contribution in [1.82, 2.24) is 9.78 Å². The molecule has 160 valence electrons. The van der Waals surface area contributed by atoms with Crippen LogP contribution in [-0.2, 0) is 31.7 Å². The molecule has 3 nitrogen and oxygen atoms in total. The molecule has 1 heterocycles. The van der Waals surface area contributed by atoms with E-state index >= 15 is 0 Å². The van der Waals surface area contributed by atoms with E-state index in [-0.39, 0.29) is 19.0 Å². The molecule has 2 aromatic carbocycles. The molecule has 0 N–H and O–H groups in total. The molecule has 9 heteroatoms. The lowest BCUT2D eigenvalue weighted by molar-refractivity contribution is -0.144. The van der Waals surface area contributed by atoms with E-state index in [1.54, 1.807) is 24.3 Å². The van der Waals surface area contributed by atoms with Crippen LogP contribution in [0.2, 0.25) is 0 Å². The first-order valence-electron chi connectivity index (χ1n) is 9.11. The van der Waals surface area contributed by atoms with E-state index < -0.39 is 23.7 Å². The Bertz CT molecular complexity index is 964. The third kappa shape index (κ3) is 5.55. The fraction of sp³-hybridized carbons (Fsp3) is 0.286. The zero-order valence-corrected chi connectivity index (χ0v) is 15.7. The summed E-state index contributed by atoms with van der Waals surface area (Å²) < 4.78 is 83.9. The predicted molar refractivity (Wildman–Crippen MR) is 98.0 cm³/mol. The zero-order chi connectivity index (χ0) is 21.8. The molecule has 0 aliphatic rings. The maximum Gasteiger partial charge on any atom is 0.435 e. The molecule has 3 rings (SSSR count). The molecule has 0 fully saturated rings. The second-order valence-corrected chi connectivity index (χ2v) is 6.58. The summed E-state index contributed by atoms with van der Waals surface area (Å²) in [6.07, 6.45) is -9.23. The fourth-order valence-corrected chi connectivity index (χ4v) is 2.95. The molecule has 3 aromatic rings.